The monoisotopic (exact) mass is 332 g/mol. The van der Waals surface area contributed by atoms with E-state index >= 15 is 0 Å². The first-order chi connectivity index (χ1) is 10.7. The van der Waals surface area contributed by atoms with Gasteiger partial charge in [0.05, 0.1) is 12.1 Å². The Kier molecular flexibility index (Phi) is 4.85. The number of hydrogen-bond acceptors (Lipinski definition) is 4. The first kappa shape index (κ1) is 17.1. The third-order valence-electron chi connectivity index (χ3n) is 3.92. The van der Waals surface area contributed by atoms with Gasteiger partial charge in [-0.3, -0.25) is 4.79 Å². The number of carbonyl (C=O) groups is 2. The second-order valence-corrected chi connectivity index (χ2v) is 6.86. The molecule has 0 unspecified atom stereocenters. The van der Waals surface area contributed by atoms with Gasteiger partial charge >= 0.3 is 5.97 Å². The van der Waals surface area contributed by atoms with Gasteiger partial charge in [-0.1, -0.05) is 29.8 Å². The summed E-state index contributed by atoms with van der Waals surface area (Å²) in [7, 11) is 1.50. The Morgan fingerprint density at radius 1 is 1.26 bits per heavy atom. The Balaban J connectivity index is 2.11. The Morgan fingerprint density at radius 3 is 2.43 bits per heavy atom. The van der Waals surface area contributed by atoms with Crippen LogP contribution in [0.15, 0.2) is 29.6 Å². The molecule has 1 N–H and O–H groups in total. The van der Waals surface area contributed by atoms with Gasteiger partial charge in [-0.2, -0.15) is 0 Å². The lowest BCUT2D eigenvalue weighted by atomic mass is 10.0. The minimum atomic E-state index is -1.24. The molecule has 1 aromatic carbocycles. The number of carbonyl (C=O) groups excluding carboxylic acids is 1. The highest BCUT2D eigenvalue weighted by atomic mass is 32.1. The Hall–Kier alpha value is -2.21. The van der Waals surface area contributed by atoms with Crippen molar-refractivity contribution < 1.29 is 14.7 Å². The molecule has 0 spiro atoms. The average molecular weight is 332 g/mol. The molecule has 0 aliphatic rings. The molecule has 2 rings (SSSR count). The smallest absolute Gasteiger partial charge is 0.329 e. The minimum absolute atomic E-state index is 0.0928. The number of aromatic nitrogens is 1. The molecular weight excluding hydrogens is 312 g/mol. The van der Waals surface area contributed by atoms with Crippen LogP contribution in [0.1, 0.15) is 25.1 Å². The number of amides is 1. The number of rotatable bonds is 5. The normalized spacial score (nSPS) is 11.3. The van der Waals surface area contributed by atoms with Crippen molar-refractivity contribution in [2.75, 3.05) is 7.05 Å². The highest BCUT2D eigenvalue weighted by molar-refractivity contribution is 7.13. The summed E-state index contributed by atoms with van der Waals surface area (Å²) in [5.41, 5.74) is 1.60. The van der Waals surface area contributed by atoms with E-state index in [-0.39, 0.29) is 12.3 Å². The third kappa shape index (κ3) is 3.76. The molecule has 2 aromatic rings. The number of thiazole rings is 1. The van der Waals surface area contributed by atoms with Crippen molar-refractivity contribution in [3.05, 3.63) is 40.9 Å². The second kappa shape index (κ2) is 6.50. The van der Waals surface area contributed by atoms with Crippen LogP contribution in [0.25, 0.3) is 10.6 Å². The molecule has 5 nitrogen and oxygen atoms in total. The van der Waals surface area contributed by atoms with Crippen LogP contribution in [0, 0.1) is 6.92 Å². The number of hydrogen-bond donors (Lipinski definition) is 1. The molecule has 0 fully saturated rings. The maximum atomic E-state index is 12.3. The lowest BCUT2D eigenvalue weighted by Crippen LogP contribution is -2.51. The van der Waals surface area contributed by atoms with E-state index in [1.807, 2.05) is 36.6 Å². The fourth-order valence-corrected chi connectivity index (χ4v) is 2.77. The molecule has 0 bridgehead atoms. The van der Waals surface area contributed by atoms with Crippen LogP contribution in [0.2, 0.25) is 0 Å². The van der Waals surface area contributed by atoms with Gasteiger partial charge in [-0.25, -0.2) is 9.78 Å². The number of nitrogens with zero attached hydrogens (tertiary/aromatic N) is 2. The Labute approximate surface area is 139 Å². The highest BCUT2D eigenvalue weighted by Crippen LogP contribution is 2.24. The van der Waals surface area contributed by atoms with Crippen LogP contribution < -0.4 is 0 Å². The summed E-state index contributed by atoms with van der Waals surface area (Å²) in [5, 5.41) is 11.9. The summed E-state index contributed by atoms with van der Waals surface area (Å²) in [4.78, 5) is 29.2. The maximum Gasteiger partial charge on any atom is 0.329 e. The number of aryl methyl sites for hydroxylation is 1. The molecular formula is C17H20N2O3S. The summed E-state index contributed by atoms with van der Waals surface area (Å²) in [6, 6.07) is 8.04. The van der Waals surface area contributed by atoms with Gasteiger partial charge in [0.15, 0.2) is 0 Å². The van der Waals surface area contributed by atoms with E-state index in [0.717, 1.165) is 10.6 Å². The number of carboxylic acid groups (broad SMARTS) is 1. The quantitative estimate of drug-likeness (QED) is 0.914. The topological polar surface area (TPSA) is 70.5 Å². The first-order valence-corrected chi connectivity index (χ1v) is 8.11. The Bertz CT molecular complexity index is 720. The summed E-state index contributed by atoms with van der Waals surface area (Å²) >= 11 is 1.48. The zero-order valence-electron chi connectivity index (χ0n) is 13.7. The minimum Gasteiger partial charge on any atom is -0.480 e. The zero-order valence-corrected chi connectivity index (χ0v) is 14.5. The summed E-state index contributed by atoms with van der Waals surface area (Å²) < 4.78 is 0. The molecule has 0 radical (unpaired) electrons. The van der Waals surface area contributed by atoms with E-state index in [9.17, 15) is 14.7 Å². The van der Waals surface area contributed by atoms with Crippen LogP contribution in [0.3, 0.4) is 0 Å². The molecule has 122 valence electrons. The van der Waals surface area contributed by atoms with Gasteiger partial charge in [0.25, 0.3) is 0 Å². The van der Waals surface area contributed by atoms with Crippen LogP contribution in [0.4, 0.5) is 0 Å². The van der Waals surface area contributed by atoms with Crippen molar-refractivity contribution in [3.63, 3.8) is 0 Å². The van der Waals surface area contributed by atoms with Crippen molar-refractivity contribution >= 4 is 23.2 Å². The predicted molar refractivity (Wildman–Crippen MR) is 90.5 cm³/mol. The van der Waals surface area contributed by atoms with E-state index in [4.69, 9.17) is 0 Å². The molecule has 0 aliphatic heterocycles. The lowest BCUT2D eigenvalue weighted by molar-refractivity contribution is -0.155. The number of carboxylic acids is 1. The van der Waals surface area contributed by atoms with Gasteiger partial charge < -0.3 is 10.0 Å². The predicted octanol–water partition coefficient (Wildman–Crippen LogP) is 2.98. The standard InChI is InChI=1S/C17H20N2O3S/c1-11-5-7-12(8-6-11)15-18-13(10-23-15)9-14(20)19(4)17(2,3)16(21)22/h5-8,10H,9H2,1-4H3,(H,21,22). The zero-order chi connectivity index (χ0) is 17.2. The lowest BCUT2D eigenvalue weighted by Gasteiger charge is -2.31. The molecule has 6 heteroatoms. The SMILES string of the molecule is Cc1ccc(-c2nc(CC(=O)N(C)C(C)(C)C(=O)O)cs2)cc1. The number of benzene rings is 1. The maximum absolute atomic E-state index is 12.3. The third-order valence-corrected chi connectivity index (χ3v) is 4.86. The molecule has 0 saturated heterocycles. The molecule has 23 heavy (non-hydrogen) atoms. The molecule has 1 aromatic heterocycles. The first-order valence-electron chi connectivity index (χ1n) is 7.23. The fourth-order valence-electron chi connectivity index (χ4n) is 1.95. The van der Waals surface area contributed by atoms with Crippen molar-refractivity contribution in [1.82, 2.24) is 9.88 Å². The Morgan fingerprint density at radius 2 is 1.87 bits per heavy atom. The van der Waals surface area contributed by atoms with Gasteiger partial charge in [0.1, 0.15) is 10.5 Å². The van der Waals surface area contributed by atoms with Gasteiger partial charge in [-0.15, -0.1) is 11.3 Å². The van der Waals surface area contributed by atoms with Crippen LogP contribution in [-0.2, 0) is 16.0 Å². The molecule has 1 amide bonds. The van der Waals surface area contributed by atoms with E-state index in [0.29, 0.717) is 5.69 Å². The van der Waals surface area contributed by atoms with Crippen molar-refractivity contribution in [3.8, 4) is 10.6 Å². The molecule has 0 aliphatic carbocycles. The van der Waals surface area contributed by atoms with Gasteiger partial charge in [0, 0.05) is 18.0 Å². The fraction of sp³-hybridized carbons (Fsp3) is 0.353. The van der Waals surface area contributed by atoms with Crippen molar-refractivity contribution in [1.29, 1.82) is 0 Å². The van der Waals surface area contributed by atoms with Crippen molar-refractivity contribution in [2.45, 2.75) is 32.7 Å². The van der Waals surface area contributed by atoms with E-state index < -0.39 is 11.5 Å². The summed E-state index contributed by atoms with van der Waals surface area (Å²) in [6.45, 7) is 5.04. The van der Waals surface area contributed by atoms with Crippen LogP contribution >= 0.6 is 11.3 Å². The average Bonchev–Trinajstić information content (AvgIpc) is 2.95. The largest absolute Gasteiger partial charge is 0.480 e. The molecule has 1 heterocycles. The number of likely N-dealkylation sites (N-methyl/N-ethyl adjacent to an activating group) is 1. The van der Waals surface area contributed by atoms with E-state index in [2.05, 4.69) is 4.98 Å². The number of aliphatic carboxylic acids is 1. The molecule has 0 atom stereocenters. The van der Waals surface area contributed by atoms with E-state index in [1.165, 1.54) is 42.7 Å². The van der Waals surface area contributed by atoms with Crippen LogP contribution in [0.5, 0.6) is 0 Å². The summed E-state index contributed by atoms with van der Waals surface area (Å²) in [5.74, 6) is -1.30. The van der Waals surface area contributed by atoms with E-state index in [1.54, 1.807) is 0 Å². The van der Waals surface area contributed by atoms with Crippen LogP contribution in [-0.4, -0.2) is 39.5 Å². The van der Waals surface area contributed by atoms with Gasteiger partial charge in [-0.05, 0) is 20.8 Å². The van der Waals surface area contributed by atoms with Crippen molar-refractivity contribution in [2.24, 2.45) is 0 Å². The summed E-state index contributed by atoms with van der Waals surface area (Å²) in [6.07, 6.45) is 0.0928. The second-order valence-electron chi connectivity index (χ2n) is 6.00. The van der Waals surface area contributed by atoms with Gasteiger partial charge in [0.2, 0.25) is 5.91 Å². The molecule has 0 saturated carbocycles. The highest BCUT2D eigenvalue weighted by Gasteiger charge is 2.35.